The number of aryl methyl sites for hydroxylation is 1. The molecule has 8 heteroatoms. The molecule has 1 aromatic carbocycles. The van der Waals surface area contributed by atoms with Crippen LogP contribution in [0, 0.1) is 6.92 Å². The summed E-state index contributed by atoms with van der Waals surface area (Å²) in [5.41, 5.74) is 2.37. The molecule has 1 saturated heterocycles. The molecule has 26 heavy (non-hydrogen) atoms. The molecule has 0 radical (unpaired) electrons. The van der Waals surface area contributed by atoms with E-state index in [1.807, 2.05) is 30.5 Å². The summed E-state index contributed by atoms with van der Waals surface area (Å²) in [7, 11) is 0. The normalized spacial score (nSPS) is 17.1. The van der Waals surface area contributed by atoms with Crippen LogP contribution in [0.4, 0.5) is 10.5 Å². The first-order chi connectivity index (χ1) is 12.5. The first kappa shape index (κ1) is 16.7. The van der Waals surface area contributed by atoms with Gasteiger partial charge in [0.1, 0.15) is 13.1 Å². The number of imide groups is 1. The molecule has 7 nitrogen and oxygen atoms in total. The molecule has 1 aromatic heterocycles. The summed E-state index contributed by atoms with van der Waals surface area (Å²) in [5, 5.41) is 5.69. The van der Waals surface area contributed by atoms with Gasteiger partial charge in [-0.15, -0.1) is 11.3 Å². The Morgan fingerprint density at radius 2 is 2.15 bits per heavy atom. The van der Waals surface area contributed by atoms with Crippen molar-refractivity contribution in [2.45, 2.75) is 25.8 Å². The summed E-state index contributed by atoms with van der Waals surface area (Å²) in [5.74, 6) is -0.709. The van der Waals surface area contributed by atoms with Gasteiger partial charge in [-0.05, 0) is 31.9 Å². The molecule has 2 fully saturated rings. The lowest BCUT2D eigenvalue weighted by Crippen LogP contribution is -2.39. The van der Waals surface area contributed by atoms with Gasteiger partial charge in [0.05, 0.1) is 10.7 Å². The van der Waals surface area contributed by atoms with Gasteiger partial charge in [0.15, 0.2) is 0 Å². The van der Waals surface area contributed by atoms with Crippen LogP contribution in [0.1, 0.15) is 17.8 Å². The second-order valence-corrected chi connectivity index (χ2v) is 7.56. The van der Waals surface area contributed by atoms with Crippen LogP contribution in [0.5, 0.6) is 0 Å². The van der Waals surface area contributed by atoms with E-state index < -0.39 is 5.91 Å². The van der Waals surface area contributed by atoms with Crippen molar-refractivity contribution in [3.05, 3.63) is 34.7 Å². The van der Waals surface area contributed by atoms with Crippen LogP contribution in [-0.4, -0.2) is 51.8 Å². The highest BCUT2D eigenvalue weighted by Gasteiger charge is 2.44. The van der Waals surface area contributed by atoms with Crippen LogP contribution in [-0.2, 0) is 9.59 Å². The van der Waals surface area contributed by atoms with Gasteiger partial charge in [0.25, 0.3) is 5.91 Å². The molecule has 0 atom stereocenters. The Morgan fingerprint density at radius 3 is 2.85 bits per heavy atom. The molecular weight excluding hydrogens is 352 g/mol. The second kappa shape index (κ2) is 6.53. The minimum atomic E-state index is -0.393. The third-order valence-electron chi connectivity index (χ3n) is 4.43. The lowest BCUT2D eigenvalue weighted by atomic mass is 10.1. The van der Waals surface area contributed by atoms with Crippen molar-refractivity contribution >= 4 is 34.9 Å². The maximum Gasteiger partial charge on any atom is 0.327 e. The van der Waals surface area contributed by atoms with E-state index in [0.29, 0.717) is 5.69 Å². The van der Waals surface area contributed by atoms with E-state index >= 15 is 0 Å². The molecule has 1 aliphatic heterocycles. The number of hydrogen-bond donors (Lipinski definition) is 1. The van der Waals surface area contributed by atoms with Crippen molar-refractivity contribution in [2.24, 2.45) is 0 Å². The highest BCUT2D eigenvalue weighted by Crippen LogP contribution is 2.30. The lowest BCUT2D eigenvalue weighted by Gasteiger charge is -2.16. The molecule has 2 aromatic rings. The third-order valence-corrected chi connectivity index (χ3v) is 5.21. The largest absolute Gasteiger partial charge is 0.327 e. The molecule has 1 saturated carbocycles. The summed E-state index contributed by atoms with van der Waals surface area (Å²) >= 11 is 1.56. The fourth-order valence-corrected chi connectivity index (χ4v) is 3.61. The number of nitrogens with one attached hydrogen (secondary N) is 1. The second-order valence-electron chi connectivity index (χ2n) is 6.50. The number of thiazole rings is 1. The molecule has 1 N–H and O–H groups in total. The SMILES string of the molecule is Cc1nc(-c2cccc(NC(=O)CN3C(=O)CN(C4CC4)C3=O)c2)cs1. The van der Waals surface area contributed by atoms with Crippen LogP contribution in [0.2, 0.25) is 0 Å². The van der Waals surface area contributed by atoms with E-state index in [4.69, 9.17) is 0 Å². The van der Waals surface area contributed by atoms with Crippen LogP contribution >= 0.6 is 11.3 Å². The zero-order valence-electron chi connectivity index (χ0n) is 14.3. The number of rotatable bonds is 5. The van der Waals surface area contributed by atoms with E-state index in [0.717, 1.165) is 34.0 Å². The molecule has 134 valence electrons. The predicted molar refractivity (Wildman–Crippen MR) is 97.8 cm³/mol. The minimum Gasteiger partial charge on any atom is -0.325 e. The predicted octanol–water partition coefficient (Wildman–Crippen LogP) is 2.48. The van der Waals surface area contributed by atoms with Crippen molar-refractivity contribution in [3.8, 4) is 11.3 Å². The molecule has 2 aliphatic rings. The number of amides is 4. The van der Waals surface area contributed by atoms with Crippen molar-refractivity contribution in [3.63, 3.8) is 0 Å². The summed E-state index contributed by atoms with van der Waals surface area (Å²) in [6, 6.07) is 7.16. The van der Waals surface area contributed by atoms with Crippen molar-refractivity contribution in [1.29, 1.82) is 0 Å². The van der Waals surface area contributed by atoms with Crippen molar-refractivity contribution in [2.75, 3.05) is 18.4 Å². The van der Waals surface area contributed by atoms with Gasteiger partial charge in [-0.1, -0.05) is 12.1 Å². The standard InChI is InChI=1S/C18H18N4O3S/c1-11-19-15(10-26-11)12-3-2-4-13(7-12)20-16(23)8-22-17(24)9-21(18(22)25)14-5-6-14/h2-4,7,10,14H,5-6,8-9H2,1H3,(H,20,23). The number of carbonyl (C=O) groups excluding carboxylic acids is 3. The first-order valence-corrected chi connectivity index (χ1v) is 9.32. The number of benzene rings is 1. The molecule has 4 amide bonds. The molecular formula is C18H18N4O3S. The number of urea groups is 1. The van der Waals surface area contributed by atoms with Crippen LogP contribution in [0.25, 0.3) is 11.3 Å². The smallest absolute Gasteiger partial charge is 0.325 e. The average Bonchev–Trinajstić information content (AvgIpc) is 3.31. The van der Waals surface area contributed by atoms with Crippen molar-refractivity contribution < 1.29 is 14.4 Å². The maximum atomic E-state index is 12.3. The zero-order valence-corrected chi connectivity index (χ0v) is 15.1. The first-order valence-electron chi connectivity index (χ1n) is 8.44. The summed E-state index contributed by atoms with van der Waals surface area (Å²) in [6.45, 7) is 1.76. The van der Waals surface area contributed by atoms with E-state index in [1.165, 1.54) is 0 Å². The Balaban J connectivity index is 1.42. The quantitative estimate of drug-likeness (QED) is 0.820. The van der Waals surface area contributed by atoms with Gasteiger partial charge in [-0.25, -0.2) is 9.78 Å². The number of aromatic nitrogens is 1. The van der Waals surface area contributed by atoms with E-state index in [-0.39, 0.29) is 31.1 Å². The van der Waals surface area contributed by atoms with Crippen molar-refractivity contribution in [1.82, 2.24) is 14.8 Å². The number of carbonyl (C=O) groups is 3. The fourth-order valence-electron chi connectivity index (χ4n) is 2.98. The van der Waals surface area contributed by atoms with Gasteiger partial charge in [0.2, 0.25) is 5.91 Å². The average molecular weight is 370 g/mol. The van der Waals surface area contributed by atoms with Gasteiger partial charge in [-0.3, -0.25) is 14.5 Å². The van der Waals surface area contributed by atoms with Crippen LogP contribution in [0.15, 0.2) is 29.6 Å². The van der Waals surface area contributed by atoms with Gasteiger partial charge in [0, 0.05) is 22.7 Å². The molecule has 2 heterocycles. The molecule has 0 spiro atoms. The Bertz CT molecular complexity index is 890. The van der Waals surface area contributed by atoms with Crippen LogP contribution < -0.4 is 5.32 Å². The molecule has 0 unspecified atom stereocenters. The van der Waals surface area contributed by atoms with E-state index in [1.54, 1.807) is 22.3 Å². The topological polar surface area (TPSA) is 82.6 Å². The van der Waals surface area contributed by atoms with Crippen LogP contribution in [0.3, 0.4) is 0 Å². The van der Waals surface area contributed by atoms with E-state index in [9.17, 15) is 14.4 Å². The highest BCUT2D eigenvalue weighted by atomic mass is 32.1. The Hall–Kier alpha value is -2.74. The maximum absolute atomic E-state index is 12.3. The Kier molecular flexibility index (Phi) is 4.20. The monoisotopic (exact) mass is 370 g/mol. The summed E-state index contributed by atoms with van der Waals surface area (Å²) in [4.78, 5) is 43.6. The molecule has 1 aliphatic carbocycles. The summed E-state index contributed by atoms with van der Waals surface area (Å²) in [6.07, 6.45) is 1.86. The van der Waals surface area contributed by atoms with E-state index in [2.05, 4.69) is 10.3 Å². The molecule has 0 bridgehead atoms. The van der Waals surface area contributed by atoms with Gasteiger partial charge >= 0.3 is 6.03 Å². The Morgan fingerprint density at radius 1 is 1.35 bits per heavy atom. The van der Waals surface area contributed by atoms with Gasteiger partial charge in [-0.2, -0.15) is 0 Å². The fraction of sp³-hybridized carbons (Fsp3) is 0.333. The zero-order chi connectivity index (χ0) is 18.3. The third kappa shape index (κ3) is 3.32. The minimum absolute atomic E-state index is 0.0788. The summed E-state index contributed by atoms with van der Waals surface area (Å²) < 4.78 is 0. The molecule has 4 rings (SSSR count). The highest BCUT2D eigenvalue weighted by molar-refractivity contribution is 7.09. The lowest BCUT2D eigenvalue weighted by molar-refractivity contribution is -0.129. The number of nitrogens with zero attached hydrogens (tertiary/aromatic N) is 3. The number of anilines is 1. The van der Waals surface area contributed by atoms with Gasteiger partial charge < -0.3 is 10.2 Å². The Labute approximate surface area is 154 Å². The number of hydrogen-bond acceptors (Lipinski definition) is 5.